The second-order valence-electron chi connectivity index (χ2n) is 5.34. The number of carbonyl (C=O) groups is 1. The monoisotopic (exact) mass is 276 g/mol. The summed E-state index contributed by atoms with van der Waals surface area (Å²) in [5, 5.41) is 21.2. The third-order valence-corrected chi connectivity index (χ3v) is 4.04. The number of nitrogens with zero attached hydrogens (tertiary/aromatic N) is 6. The molecule has 0 bridgehead atoms. The summed E-state index contributed by atoms with van der Waals surface area (Å²) in [6.45, 7) is 0.301. The van der Waals surface area contributed by atoms with Crippen LogP contribution < -0.4 is 0 Å². The molecule has 0 amide bonds. The van der Waals surface area contributed by atoms with Gasteiger partial charge in [0.15, 0.2) is 5.82 Å². The van der Waals surface area contributed by atoms with E-state index in [0.717, 1.165) is 18.5 Å². The van der Waals surface area contributed by atoms with Crippen molar-refractivity contribution in [2.75, 3.05) is 0 Å². The van der Waals surface area contributed by atoms with Crippen molar-refractivity contribution in [1.82, 2.24) is 29.8 Å². The average molecular weight is 276 g/mol. The zero-order valence-corrected chi connectivity index (χ0v) is 11.2. The highest BCUT2D eigenvalue weighted by molar-refractivity contribution is 5.75. The summed E-state index contributed by atoms with van der Waals surface area (Å²) in [4.78, 5) is 15.7. The van der Waals surface area contributed by atoms with Crippen LogP contribution in [0.25, 0.3) is 11.5 Å². The summed E-state index contributed by atoms with van der Waals surface area (Å²) >= 11 is 0. The highest BCUT2D eigenvalue weighted by atomic mass is 16.4. The van der Waals surface area contributed by atoms with E-state index < -0.39 is 11.4 Å². The van der Waals surface area contributed by atoms with E-state index in [9.17, 15) is 9.90 Å². The molecule has 0 saturated heterocycles. The minimum Gasteiger partial charge on any atom is -0.481 e. The maximum Gasteiger partial charge on any atom is 0.311 e. The van der Waals surface area contributed by atoms with Crippen molar-refractivity contribution in [2.45, 2.75) is 32.2 Å². The van der Waals surface area contributed by atoms with Crippen molar-refractivity contribution in [1.29, 1.82) is 0 Å². The van der Waals surface area contributed by atoms with E-state index in [4.69, 9.17) is 0 Å². The standard InChI is InChI=1S/C12H16N6O2/c1-17-8-13-6-9(17)10-14-15-16-18(10)7-12(11(19)20)4-2-3-5-12/h6,8H,2-5,7H2,1H3,(H,19,20). The van der Waals surface area contributed by atoms with Gasteiger partial charge in [-0.25, -0.2) is 9.67 Å². The van der Waals surface area contributed by atoms with Crippen molar-refractivity contribution in [3.05, 3.63) is 12.5 Å². The first kappa shape index (κ1) is 12.8. The fraction of sp³-hybridized carbons (Fsp3) is 0.583. The van der Waals surface area contributed by atoms with Gasteiger partial charge in [-0.15, -0.1) is 5.10 Å². The molecule has 0 aliphatic heterocycles. The minimum absolute atomic E-state index is 0.301. The van der Waals surface area contributed by atoms with Crippen LogP contribution in [0.1, 0.15) is 25.7 Å². The zero-order chi connectivity index (χ0) is 14.2. The number of hydrogen-bond donors (Lipinski definition) is 1. The normalized spacial score (nSPS) is 17.4. The Morgan fingerprint density at radius 2 is 2.20 bits per heavy atom. The van der Waals surface area contributed by atoms with Crippen LogP contribution >= 0.6 is 0 Å². The van der Waals surface area contributed by atoms with E-state index in [1.807, 2.05) is 11.6 Å². The molecule has 8 heteroatoms. The van der Waals surface area contributed by atoms with Gasteiger partial charge < -0.3 is 9.67 Å². The zero-order valence-electron chi connectivity index (χ0n) is 11.2. The molecule has 0 radical (unpaired) electrons. The Bertz CT molecular complexity index is 625. The van der Waals surface area contributed by atoms with Crippen molar-refractivity contribution in [3.63, 3.8) is 0 Å². The molecule has 0 unspecified atom stereocenters. The van der Waals surface area contributed by atoms with E-state index in [0.29, 0.717) is 25.2 Å². The van der Waals surface area contributed by atoms with Crippen LogP contribution in [0.15, 0.2) is 12.5 Å². The van der Waals surface area contributed by atoms with Crippen LogP contribution in [0.2, 0.25) is 0 Å². The highest BCUT2D eigenvalue weighted by Crippen LogP contribution is 2.40. The molecule has 2 aromatic rings. The second-order valence-corrected chi connectivity index (χ2v) is 5.34. The molecule has 1 fully saturated rings. The molecule has 106 valence electrons. The van der Waals surface area contributed by atoms with Gasteiger partial charge in [-0.3, -0.25) is 4.79 Å². The van der Waals surface area contributed by atoms with Gasteiger partial charge in [-0.1, -0.05) is 12.8 Å². The van der Waals surface area contributed by atoms with Gasteiger partial charge in [0, 0.05) is 7.05 Å². The molecule has 0 atom stereocenters. The Balaban J connectivity index is 1.94. The first-order valence-corrected chi connectivity index (χ1v) is 6.59. The molecule has 3 rings (SSSR count). The number of carboxylic acid groups (broad SMARTS) is 1. The van der Waals surface area contributed by atoms with E-state index >= 15 is 0 Å². The van der Waals surface area contributed by atoms with Gasteiger partial charge in [0.25, 0.3) is 0 Å². The first-order valence-electron chi connectivity index (χ1n) is 6.59. The Kier molecular flexibility index (Phi) is 3.00. The predicted molar refractivity (Wildman–Crippen MR) is 68.6 cm³/mol. The van der Waals surface area contributed by atoms with E-state index in [2.05, 4.69) is 20.5 Å². The number of rotatable bonds is 4. The van der Waals surface area contributed by atoms with Gasteiger partial charge in [0.1, 0.15) is 5.69 Å². The molecular weight excluding hydrogens is 260 g/mol. The number of carboxylic acids is 1. The lowest BCUT2D eigenvalue weighted by atomic mass is 9.86. The Morgan fingerprint density at radius 1 is 1.45 bits per heavy atom. The number of aryl methyl sites for hydroxylation is 1. The van der Waals surface area contributed by atoms with E-state index in [-0.39, 0.29) is 0 Å². The minimum atomic E-state index is -0.763. The van der Waals surface area contributed by atoms with Crippen LogP contribution in [-0.2, 0) is 18.4 Å². The Labute approximate surface area is 115 Å². The van der Waals surface area contributed by atoms with Gasteiger partial charge in [0.2, 0.25) is 0 Å². The summed E-state index contributed by atoms with van der Waals surface area (Å²) < 4.78 is 3.39. The summed E-state index contributed by atoms with van der Waals surface area (Å²) in [6, 6.07) is 0. The molecule has 2 heterocycles. The average Bonchev–Trinajstić information content (AvgIpc) is 3.11. The van der Waals surface area contributed by atoms with E-state index in [1.165, 1.54) is 0 Å². The topological polar surface area (TPSA) is 98.7 Å². The number of aromatic nitrogens is 6. The third kappa shape index (κ3) is 1.97. The fourth-order valence-electron chi connectivity index (χ4n) is 2.85. The van der Waals surface area contributed by atoms with Crippen LogP contribution in [0.4, 0.5) is 0 Å². The molecule has 8 nitrogen and oxygen atoms in total. The van der Waals surface area contributed by atoms with Crippen LogP contribution in [0, 0.1) is 5.41 Å². The van der Waals surface area contributed by atoms with Crippen molar-refractivity contribution < 1.29 is 9.90 Å². The number of imidazole rings is 1. The number of tetrazole rings is 1. The maximum atomic E-state index is 11.6. The lowest BCUT2D eigenvalue weighted by Crippen LogP contribution is -2.33. The van der Waals surface area contributed by atoms with Crippen LogP contribution in [-0.4, -0.2) is 40.8 Å². The molecule has 20 heavy (non-hydrogen) atoms. The largest absolute Gasteiger partial charge is 0.481 e. The van der Waals surface area contributed by atoms with E-state index in [1.54, 1.807) is 17.2 Å². The third-order valence-electron chi connectivity index (χ3n) is 4.04. The second kappa shape index (κ2) is 4.69. The van der Waals surface area contributed by atoms with Crippen molar-refractivity contribution in [3.8, 4) is 11.5 Å². The molecular formula is C12H16N6O2. The van der Waals surface area contributed by atoms with Crippen LogP contribution in [0.3, 0.4) is 0 Å². The Hall–Kier alpha value is -2.25. The maximum absolute atomic E-state index is 11.6. The molecule has 0 aromatic carbocycles. The molecule has 1 saturated carbocycles. The molecule has 2 aromatic heterocycles. The molecule has 1 aliphatic carbocycles. The summed E-state index contributed by atoms with van der Waals surface area (Å²) in [5.74, 6) is -0.209. The van der Waals surface area contributed by atoms with Crippen LogP contribution in [0.5, 0.6) is 0 Å². The lowest BCUT2D eigenvalue weighted by molar-refractivity contribution is -0.149. The number of aliphatic carboxylic acids is 1. The van der Waals surface area contributed by atoms with Gasteiger partial charge in [0.05, 0.1) is 24.5 Å². The number of hydrogen-bond acceptors (Lipinski definition) is 5. The molecule has 1 N–H and O–H groups in total. The highest BCUT2D eigenvalue weighted by Gasteiger charge is 2.42. The molecule has 0 spiro atoms. The smallest absolute Gasteiger partial charge is 0.311 e. The first-order chi connectivity index (χ1) is 9.62. The SMILES string of the molecule is Cn1cncc1-c1nnnn1CC1(C(=O)O)CCCC1. The van der Waals surface area contributed by atoms with Gasteiger partial charge in [-0.05, 0) is 23.3 Å². The summed E-state index contributed by atoms with van der Waals surface area (Å²) in [7, 11) is 1.85. The molecule has 1 aliphatic rings. The van der Waals surface area contributed by atoms with Crippen molar-refractivity contribution in [2.24, 2.45) is 12.5 Å². The Morgan fingerprint density at radius 3 is 2.80 bits per heavy atom. The lowest BCUT2D eigenvalue weighted by Gasteiger charge is -2.23. The van der Waals surface area contributed by atoms with Gasteiger partial charge in [-0.2, -0.15) is 0 Å². The summed E-state index contributed by atoms with van der Waals surface area (Å²) in [6.07, 6.45) is 6.56. The summed E-state index contributed by atoms with van der Waals surface area (Å²) in [5.41, 5.74) is 0.0245. The fourth-order valence-corrected chi connectivity index (χ4v) is 2.85. The van der Waals surface area contributed by atoms with Gasteiger partial charge >= 0.3 is 5.97 Å². The quantitative estimate of drug-likeness (QED) is 0.883. The van der Waals surface area contributed by atoms with Crippen molar-refractivity contribution >= 4 is 5.97 Å². The predicted octanol–water partition coefficient (Wildman–Crippen LogP) is 0.719.